The molecular weight excluding hydrogens is 280 g/mol. The van der Waals surface area contributed by atoms with Gasteiger partial charge in [-0.15, -0.1) is 11.3 Å². The number of thiazole rings is 1. The highest BCUT2D eigenvalue weighted by Crippen LogP contribution is 2.26. The van der Waals surface area contributed by atoms with E-state index in [1.807, 2.05) is 4.90 Å². The average molecular weight is 300 g/mol. The molecule has 0 aliphatic carbocycles. The van der Waals surface area contributed by atoms with E-state index >= 15 is 0 Å². The minimum atomic E-state index is 0.293. The lowest BCUT2D eigenvalue weighted by molar-refractivity contribution is -0.127. The number of likely N-dealkylation sites (tertiary alicyclic amines) is 1. The monoisotopic (exact) mass is 300 g/mol. The molecule has 0 radical (unpaired) electrons. The fourth-order valence-electron chi connectivity index (χ4n) is 2.73. The zero-order chi connectivity index (χ0) is 14.8. The first kappa shape index (κ1) is 14.3. The van der Waals surface area contributed by atoms with Gasteiger partial charge in [0.15, 0.2) is 0 Å². The fourth-order valence-corrected chi connectivity index (χ4v) is 3.52. The molecule has 1 fully saturated rings. The molecule has 4 heteroatoms. The Morgan fingerprint density at radius 3 is 2.95 bits per heavy atom. The second kappa shape index (κ2) is 5.98. The molecular formula is C17H20N2OS. The van der Waals surface area contributed by atoms with Crippen molar-refractivity contribution in [1.29, 1.82) is 0 Å². The Morgan fingerprint density at radius 2 is 2.19 bits per heavy atom. The molecule has 2 heterocycles. The van der Waals surface area contributed by atoms with Crippen molar-refractivity contribution in [2.75, 3.05) is 13.1 Å². The molecule has 21 heavy (non-hydrogen) atoms. The highest BCUT2D eigenvalue weighted by atomic mass is 32.1. The number of carbonyl (C=O) groups excluding carboxylic acids is 1. The highest BCUT2D eigenvalue weighted by Gasteiger charge is 2.20. The lowest BCUT2D eigenvalue weighted by atomic mass is 10.0. The van der Waals surface area contributed by atoms with Gasteiger partial charge in [0.2, 0.25) is 5.91 Å². The van der Waals surface area contributed by atoms with E-state index in [1.165, 1.54) is 16.7 Å². The summed E-state index contributed by atoms with van der Waals surface area (Å²) in [7, 11) is 0. The van der Waals surface area contributed by atoms with Crippen molar-refractivity contribution >= 4 is 17.2 Å². The number of aromatic nitrogens is 1. The van der Waals surface area contributed by atoms with E-state index in [0.29, 0.717) is 12.3 Å². The molecule has 1 amide bonds. The lowest BCUT2D eigenvalue weighted by Gasteiger charge is -2.13. The van der Waals surface area contributed by atoms with Crippen LogP contribution in [0.2, 0.25) is 0 Å². The molecule has 110 valence electrons. The van der Waals surface area contributed by atoms with Gasteiger partial charge in [-0.1, -0.05) is 17.7 Å². The van der Waals surface area contributed by atoms with Crippen molar-refractivity contribution in [2.45, 2.75) is 33.1 Å². The minimum Gasteiger partial charge on any atom is -0.342 e. The molecule has 0 atom stereocenters. The van der Waals surface area contributed by atoms with Crippen LogP contribution in [0.1, 0.15) is 29.0 Å². The van der Waals surface area contributed by atoms with Gasteiger partial charge >= 0.3 is 0 Å². The predicted molar refractivity (Wildman–Crippen MR) is 86.5 cm³/mol. The van der Waals surface area contributed by atoms with Crippen molar-refractivity contribution in [3.05, 3.63) is 39.7 Å². The third-order valence-corrected chi connectivity index (χ3v) is 4.90. The number of carbonyl (C=O) groups is 1. The molecule has 1 aliphatic heterocycles. The number of nitrogens with zero attached hydrogens (tertiary/aromatic N) is 2. The summed E-state index contributed by atoms with van der Waals surface area (Å²) < 4.78 is 0. The van der Waals surface area contributed by atoms with Crippen LogP contribution in [0.5, 0.6) is 0 Å². The summed E-state index contributed by atoms with van der Waals surface area (Å²) in [5, 5.41) is 3.24. The van der Waals surface area contributed by atoms with E-state index in [2.05, 4.69) is 37.4 Å². The number of hydrogen-bond acceptors (Lipinski definition) is 3. The first-order valence-corrected chi connectivity index (χ1v) is 8.31. The Balaban J connectivity index is 1.71. The molecule has 0 saturated carbocycles. The van der Waals surface area contributed by atoms with Crippen molar-refractivity contribution < 1.29 is 4.79 Å². The second-order valence-electron chi connectivity index (χ2n) is 5.68. The van der Waals surface area contributed by atoms with Crippen LogP contribution in [0.25, 0.3) is 11.3 Å². The first-order chi connectivity index (χ1) is 10.1. The maximum Gasteiger partial charge on any atom is 0.222 e. The maximum absolute atomic E-state index is 11.6. The van der Waals surface area contributed by atoms with Crippen molar-refractivity contribution in [3.8, 4) is 11.3 Å². The van der Waals surface area contributed by atoms with Gasteiger partial charge in [-0.25, -0.2) is 4.98 Å². The van der Waals surface area contributed by atoms with Crippen LogP contribution in [0, 0.1) is 13.8 Å². The summed E-state index contributed by atoms with van der Waals surface area (Å²) >= 11 is 1.69. The van der Waals surface area contributed by atoms with Gasteiger partial charge in [0.25, 0.3) is 0 Å². The number of benzene rings is 1. The number of hydrogen-bond donors (Lipinski definition) is 0. The predicted octanol–water partition coefficient (Wildman–Crippen LogP) is 3.59. The molecule has 0 N–H and O–H groups in total. The van der Waals surface area contributed by atoms with Crippen LogP contribution in [0.3, 0.4) is 0 Å². The van der Waals surface area contributed by atoms with E-state index < -0.39 is 0 Å². The topological polar surface area (TPSA) is 33.2 Å². The Labute approximate surface area is 129 Å². The summed E-state index contributed by atoms with van der Waals surface area (Å²) in [4.78, 5) is 18.3. The normalized spacial score (nSPS) is 15.0. The van der Waals surface area contributed by atoms with Crippen LogP contribution in [0.4, 0.5) is 0 Å². The Bertz CT molecular complexity index is 663. The van der Waals surface area contributed by atoms with Crippen LogP contribution in [-0.2, 0) is 11.2 Å². The summed E-state index contributed by atoms with van der Waals surface area (Å²) in [5.41, 5.74) is 4.79. The molecule has 0 unspecified atom stereocenters. The quantitative estimate of drug-likeness (QED) is 0.864. The van der Waals surface area contributed by atoms with Crippen LogP contribution in [-0.4, -0.2) is 28.9 Å². The summed E-state index contributed by atoms with van der Waals surface area (Å²) in [5.74, 6) is 0.293. The molecule has 0 bridgehead atoms. The zero-order valence-corrected chi connectivity index (χ0v) is 13.4. The number of amides is 1. The Morgan fingerprint density at radius 1 is 1.33 bits per heavy atom. The average Bonchev–Trinajstić information content (AvgIpc) is 3.08. The smallest absolute Gasteiger partial charge is 0.222 e. The zero-order valence-electron chi connectivity index (χ0n) is 12.6. The van der Waals surface area contributed by atoms with Gasteiger partial charge in [-0.3, -0.25) is 4.79 Å². The van der Waals surface area contributed by atoms with Crippen molar-refractivity contribution in [2.24, 2.45) is 0 Å². The summed E-state index contributed by atoms with van der Waals surface area (Å²) in [6.07, 6.45) is 2.58. The molecule has 1 aromatic carbocycles. The van der Waals surface area contributed by atoms with E-state index in [0.717, 1.165) is 36.6 Å². The van der Waals surface area contributed by atoms with Gasteiger partial charge in [0, 0.05) is 36.9 Å². The van der Waals surface area contributed by atoms with Gasteiger partial charge in [0.05, 0.1) is 10.7 Å². The molecule has 1 saturated heterocycles. The standard InChI is InChI=1S/C17H20N2OS/c1-12-5-6-13(2)14(10-12)15-11-21-16(18-15)7-9-19-8-3-4-17(19)20/h5-6,10-11H,3-4,7-9H2,1-2H3. The Hall–Kier alpha value is -1.68. The second-order valence-corrected chi connectivity index (χ2v) is 6.62. The maximum atomic E-state index is 11.6. The highest BCUT2D eigenvalue weighted by molar-refractivity contribution is 7.09. The van der Waals surface area contributed by atoms with Gasteiger partial charge in [-0.2, -0.15) is 0 Å². The molecule has 1 aliphatic rings. The van der Waals surface area contributed by atoms with Gasteiger partial charge < -0.3 is 4.90 Å². The minimum absolute atomic E-state index is 0.293. The molecule has 1 aromatic heterocycles. The van der Waals surface area contributed by atoms with E-state index in [1.54, 1.807) is 11.3 Å². The lowest BCUT2D eigenvalue weighted by Crippen LogP contribution is -2.26. The van der Waals surface area contributed by atoms with Crippen LogP contribution >= 0.6 is 11.3 Å². The third kappa shape index (κ3) is 3.16. The number of rotatable bonds is 4. The van der Waals surface area contributed by atoms with Crippen molar-refractivity contribution in [3.63, 3.8) is 0 Å². The van der Waals surface area contributed by atoms with Gasteiger partial charge in [-0.05, 0) is 31.9 Å². The van der Waals surface area contributed by atoms with Crippen LogP contribution in [0.15, 0.2) is 23.6 Å². The van der Waals surface area contributed by atoms with Crippen LogP contribution < -0.4 is 0 Å². The fraction of sp³-hybridized carbons (Fsp3) is 0.412. The van der Waals surface area contributed by atoms with Gasteiger partial charge in [0.1, 0.15) is 0 Å². The third-order valence-electron chi connectivity index (χ3n) is 3.99. The molecule has 0 spiro atoms. The molecule has 3 nitrogen and oxygen atoms in total. The molecule has 3 rings (SSSR count). The van der Waals surface area contributed by atoms with E-state index in [-0.39, 0.29) is 0 Å². The Kier molecular flexibility index (Phi) is 4.06. The largest absolute Gasteiger partial charge is 0.342 e. The first-order valence-electron chi connectivity index (χ1n) is 7.43. The summed E-state index contributed by atoms with van der Waals surface area (Å²) in [6, 6.07) is 6.47. The van der Waals surface area contributed by atoms with E-state index in [9.17, 15) is 4.79 Å². The summed E-state index contributed by atoms with van der Waals surface area (Å²) in [6.45, 7) is 5.94. The van der Waals surface area contributed by atoms with Crippen molar-refractivity contribution in [1.82, 2.24) is 9.88 Å². The molecule has 2 aromatic rings. The SMILES string of the molecule is Cc1ccc(C)c(-c2csc(CCN3CCCC3=O)n2)c1. The number of aryl methyl sites for hydroxylation is 2. The van der Waals surface area contributed by atoms with E-state index in [4.69, 9.17) is 4.98 Å².